The van der Waals surface area contributed by atoms with Gasteiger partial charge in [0.2, 0.25) is 0 Å². The Hall–Kier alpha value is -1.87. The van der Waals surface area contributed by atoms with Gasteiger partial charge in [0.15, 0.2) is 0 Å². The summed E-state index contributed by atoms with van der Waals surface area (Å²) in [5.41, 5.74) is 9.74. The summed E-state index contributed by atoms with van der Waals surface area (Å²) in [6.07, 6.45) is 2.66. The minimum absolute atomic E-state index is 0.101. The maximum absolute atomic E-state index is 6.09. The van der Waals surface area contributed by atoms with Crippen LogP contribution in [0.15, 0.2) is 42.6 Å². The second-order valence-corrected chi connectivity index (χ2v) is 6.89. The molecule has 3 nitrogen and oxygen atoms in total. The van der Waals surface area contributed by atoms with Crippen molar-refractivity contribution in [3.63, 3.8) is 0 Å². The van der Waals surface area contributed by atoms with Gasteiger partial charge in [-0.15, -0.1) is 0 Å². The average Bonchev–Trinajstić information content (AvgIpc) is 2.53. The van der Waals surface area contributed by atoms with Gasteiger partial charge in [0.05, 0.1) is 6.61 Å². The highest BCUT2D eigenvalue weighted by Gasteiger charge is 2.21. The van der Waals surface area contributed by atoms with Crippen molar-refractivity contribution in [3.8, 4) is 5.75 Å². The van der Waals surface area contributed by atoms with E-state index in [1.54, 1.807) is 0 Å². The zero-order valence-electron chi connectivity index (χ0n) is 14.7. The lowest BCUT2D eigenvalue weighted by atomic mass is 9.83. The van der Waals surface area contributed by atoms with Crippen LogP contribution < -0.4 is 10.5 Å². The third-order valence-corrected chi connectivity index (χ3v) is 4.08. The molecule has 0 aliphatic rings. The lowest BCUT2D eigenvalue weighted by molar-refractivity contribution is 0.333. The van der Waals surface area contributed by atoms with E-state index in [1.165, 1.54) is 11.1 Å². The summed E-state index contributed by atoms with van der Waals surface area (Å²) in [5, 5.41) is 0. The molecule has 0 spiro atoms. The van der Waals surface area contributed by atoms with Crippen molar-refractivity contribution in [1.29, 1.82) is 0 Å². The third-order valence-electron chi connectivity index (χ3n) is 4.08. The van der Waals surface area contributed by atoms with Crippen molar-refractivity contribution in [1.82, 2.24) is 4.98 Å². The molecular weight excluding hydrogens is 284 g/mol. The summed E-state index contributed by atoms with van der Waals surface area (Å²) in [7, 11) is 0. The van der Waals surface area contributed by atoms with Gasteiger partial charge in [0.25, 0.3) is 0 Å². The van der Waals surface area contributed by atoms with Crippen molar-refractivity contribution in [3.05, 3.63) is 59.4 Å². The number of nitrogens with zero attached hydrogens (tertiary/aromatic N) is 1. The molecule has 1 aromatic carbocycles. The zero-order chi connectivity index (χ0) is 16.9. The summed E-state index contributed by atoms with van der Waals surface area (Å²) >= 11 is 0. The van der Waals surface area contributed by atoms with Gasteiger partial charge in [-0.05, 0) is 54.6 Å². The number of nitrogens with two attached hydrogens (primary N) is 1. The smallest absolute Gasteiger partial charge is 0.122 e. The van der Waals surface area contributed by atoms with E-state index < -0.39 is 0 Å². The summed E-state index contributed by atoms with van der Waals surface area (Å²) in [6, 6.07) is 12.5. The number of rotatable bonds is 6. The van der Waals surface area contributed by atoms with Crippen LogP contribution in [0, 0.1) is 0 Å². The molecule has 0 fully saturated rings. The SMILES string of the molecule is CCOc1ccc(C(C)(C)C)cc1C(CN)Cc1ccccn1. The van der Waals surface area contributed by atoms with E-state index in [1.807, 2.05) is 25.3 Å². The van der Waals surface area contributed by atoms with Crippen molar-refractivity contribution < 1.29 is 4.74 Å². The normalized spacial score (nSPS) is 12.9. The lowest BCUT2D eigenvalue weighted by Gasteiger charge is -2.24. The molecule has 2 rings (SSSR count). The molecule has 0 aliphatic carbocycles. The van der Waals surface area contributed by atoms with Gasteiger partial charge in [-0.25, -0.2) is 0 Å². The van der Waals surface area contributed by atoms with Crippen molar-refractivity contribution in [2.24, 2.45) is 5.73 Å². The number of hydrogen-bond donors (Lipinski definition) is 1. The van der Waals surface area contributed by atoms with Crippen molar-refractivity contribution in [2.75, 3.05) is 13.2 Å². The van der Waals surface area contributed by atoms with E-state index in [9.17, 15) is 0 Å². The number of pyridine rings is 1. The molecule has 0 amide bonds. The van der Waals surface area contributed by atoms with E-state index in [4.69, 9.17) is 10.5 Å². The maximum Gasteiger partial charge on any atom is 0.122 e. The minimum atomic E-state index is 0.101. The fraction of sp³-hybridized carbons (Fsp3) is 0.450. The molecule has 0 radical (unpaired) electrons. The first-order valence-electron chi connectivity index (χ1n) is 8.33. The zero-order valence-corrected chi connectivity index (χ0v) is 14.7. The van der Waals surface area contributed by atoms with E-state index >= 15 is 0 Å². The quantitative estimate of drug-likeness (QED) is 0.875. The minimum Gasteiger partial charge on any atom is -0.494 e. The van der Waals surface area contributed by atoms with Crippen LogP contribution in [0.2, 0.25) is 0 Å². The molecule has 0 saturated heterocycles. The summed E-state index contributed by atoms with van der Waals surface area (Å²) in [5.74, 6) is 1.14. The highest BCUT2D eigenvalue weighted by molar-refractivity contribution is 5.42. The number of benzene rings is 1. The van der Waals surface area contributed by atoms with Gasteiger partial charge in [-0.2, -0.15) is 0 Å². The van der Waals surface area contributed by atoms with Crippen molar-refractivity contribution in [2.45, 2.75) is 45.4 Å². The Labute approximate surface area is 139 Å². The summed E-state index contributed by atoms with van der Waals surface area (Å²) in [6.45, 7) is 9.92. The molecule has 3 heteroatoms. The fourth-order valence-electron chi connectivity index (χ4n) is 2.71. The number of aromatic nitrogens is 1. The molecule has 0 saturated carbocycles. The Balaban J connectivity index is 2.39. The Morgan fingerprint density at radius 3 is 2.52 bits per heavy atom. The van der Waals surface area contributed by atoms with E-state index in [0.717, 1.165) is 17.9 Å². The Morgan fingerprint density at radius 2 is 1.96 bits per heavy atom. The molecule has 1 heterocycles. The van der Waals surface area contributed by atoms with Crippen LogP contribution in [0.5, 0.6) is 5.75 Å². The first kappa shape index (κ1) is 17.5. The molecular formula is C20H28N2O. The third kappa shape index (κ3) is 4.55. The monoisotopic (exact) mass is 312 g/mol. The van der Waals surface area contributed by atoms with Crippen LogP contribution in [-0.2, 0) is 11.8 Å². The molecule has 124 valence electrons. The molecule has 0 bridgehead atoms. The first-order valence-corrected chi connectivity index (χ1v) is 8.33. The van der Waals surface area contributed by atoms with Gasteiger partial charge in [0.1, 0.15) is 5.75 Å². The predicted molar refractivity (Wildman–Crippen MR) is 96.0 cm³/mol. The first-order chi connectivity index (χ1) is 11.0. The molecule has 1 atom stereocenters. The largest absolute Gasteiger partial charge is 0.494 e. The highest BCUT2D eigenvalue weighted by Crippen LogP contribution is 2.33. The molecule has 2 N–H and O–H groups in total. The second kappa shape index (κ2) is 7.60. The van der Waals surface area contributed by atoms with Crippen LogP contribution in [0.4, 0.5) is 0 Å². The molecule has 23 heavy (non-hydrogen) atoms. The standard InChI is InChI=1S/C20H28N2O/c1-5-23-19-10-9-16(20(2,3)4)13-18(19)15(14-21)12-17-8-6-7-11-22-17/h6-11,13,15H,5,12,14,21H2,1-4H3. The molecule has 1 aromatic heterocycles. The van der Waals surface area contributed by atoms with Gasteiger partial charge >= 0.3 is 0 Å². The number of hydrogen-bond acceptors (Lipinski definition) is 3. The highest BCUT2D eigenvalue weighted by atomic mass is 16.5. The summed E-state index contributed by atoms with van der Waals surface area (Å²) in [4.78, 5) is 4.44. The van der Waals surface area contributed by atoms with Crippen LogP contribution >= 0.6 is 0 Å². The Kier molecular flexibility index (Phi) is 5.78. The van der Waals surface area contributed by atoms with E-state index in [2.05, 4.69) is 50.0 Å². The fourth-order valence-corrected chi connectivity index (χ4v) is 2.71. The van der Waals surface area contributed by atoms with Gasteiger partial charge < -0.3 is 10.5 Å². The molecule has 2 aromatic rings. The van der Waals surface area contributed by atoms with Crippen LogP contribution in [0.25, 0.3) is 0 Å². The molecule has 0 aliphatic heterocycles. The topological polar surface area (TPSA) is 48.1 Å². The van der Waals surface area contributed by atoms with Gasteiger partial charge in [-0.1, -0.05) is 39.0 Å². The summed E-state index contributed by atoms with van der Waals surface area (Å²) < 4.78 is 5.85. The maximum atomic E-state index is 6.09. The predicted octanol–water partition coefficient (Wildman–Crippen LogP) is 4.06. The van der Waals surface area contributed by atoms with Gasteiger partial charge in [0, 0.05) is 17.8 Å². The van der Waals surface area contributed by atoms with Crippen LogP contribution in [0.3, 0.4) is 0 Å². The van der Waals surface area contributed by atoms with Crippen LogP contribution in [0.1, 0.15) is 50.4 Å². The van der Waals surface area contributed by atoms with Crippen molar-refractivity contribution >= 4 is 0 Å². The van der Waals surface area contributed by atoms with Gasteiger partial charge in [-0.3, -0.25) is 4.98 Å². The Bertz CT molecular complexity index is 617. The lowest BCUT2D eigenvalue weighted by Crippen LogP contribution is -2.19. The van der Waals surface area contributed by atoms with E-state index in [0.29, 0.717) is 13.2 Å². The Morgan fingerprint density at radius 1 is 1.17 bits per heavy atom. The second-order valence-electron chi connectivity index (χ2n) is 6.89. The van der Waals surface area contributed by atoms with Crippen LogP contribution in [-0.4, -0.2) is 18.1 Å². The van der Waals surface area contributed by atoms with E-state index in [-0.39, 0.29) is 11.3 Å². The average molecular weight is 312 g/mol. The molecule has 1 unspecified atom stereocenters. The number of ether oxygens (including phenoxy) is 1.